The van der Waals surface area contributed by atoms with Crippen molar-refractivity contribution < 1.29 is 9.21 Å². The summed E-state index contributed by atoms with van der Waals surface area (Å²) >= 11 is 1.53. The largest absolute Gasteiger partial charge is 0.467 e. The Morgan fingerprint density at radius 3 is 2.81 bits per heavy atom. The van der Waals surface area contributed by atoms with Gasteiger partial charge in [0.1, 0.15) is 16.8 Å². The Morgan fingerprint density at radius 1 is 1.22 bits per heavy atom. The number of amides is 1. The van der Waals surface area contributed by atoms with E-state index in [4.69, 9.17) is 4.42 Å². The highest BCUT2D eigenvalue weighted by molar-refractivity contribution is 7.16. The molecule has 1 aromatic carbocycles. The van der Waals surface area contributed by atoms with E-state index in [1.165, 1.54) is 16.2 Å². The van der Waals surface area contributed by atoms with Crippen molar-refractivity contribution >= 4 is 22.2 Å². The predicted molar refractivity (Wildman–Crippen MR) is 105 cm³/mol. The molecule has 1 atom stereocenters. The first-order valence-electron chi connectivity index (χ1n) is 8.92. The van der Waals surface area contributed by atoms with Gasteiger partial charge < -0.3 is 9.73 Å². The Labute approximate surface area is 161 Å². The fourth-order valence-corrected chi connectivity index (χ4v) is 4.72. The van der Waals surface area contributed by atoms with E-state index in [1.54, 1.807) is 6.26 Å². The van der Waals surface area contributed by atoms with Gasteiger partial charge in [-0.2, -0.15) is 5.26 Å². The normalized spacial score (nSPS) is 13.7. The minimum Gasteiger partial charge on any atom is -0.467 e. The molecule has 2 aromatic heterocycles. The van der Waals surface area contributed by atoms with Gasteiger partial charge in [-0.15, -0.1) is 11.3 Å². The monoisotopic (exact) mass is 377 g/mol. The molecule has 0 bridgehead atoms. The van der Waals surface area contributed by atoms with Crippen LogP contribution in [0.15, 0.2) is 53.1 Å². The smallest absolute Gasteiger partial charge is 0.238 e. The van der Waals surface area contributed by atoms with Crippen LogP contribution in [0.5, 0.6) is 0 Å². The van der Waals surface area contributed by atoms with E-state index in [2.05, 4.69) is 16.7 Å². The zero-order valence-corrected chi connectivity index (χ0v) is 15.5. The second-order valence-corrected chi connectivity index (χ2v) is 7.57. The third-order valence-corrected chi connectivity index (χ3v) is 5.92. The number of carbonyl (C=O) groups is 1. The summed E-state index contributed by atoms with van der Waals surface area (Å²) in [4.78, 5) is 13.7. The van der Waals surface area contributed by atoms with Gasteiger partial charge in [-0.25, -0.2) is 0 Å². The molecule has 0 radical (unpaired) electrons. The zero-order chi connectivity index (χ0) is 18.6. The molecule has 0 unspecified atom stereocenters. The lowest BCUT2D eigenvalue weighted by atomic mass is 10.0. The van der Waals surface area contributed by atoms with Gasteiger partial charge in [0.05, 0.1) is 24.4 Å². The summed E-state index contributed by atoms with van der Waals surface area (Å²) in [5.74, 6) is 0.584. The lowest BCUT2D eigenvalue weighted by Crippen LogP contribution is -2.31. The van der Waals surface area contributed by atoms with E-state index in [-0.39, 0.29) is 18.5 Å². The van der Waals surface area contributed by atoms with Crippen molar-refractivity contribution in [3.63, 3.8) is 0 Å². The highest BCUT2D eigenvalue weighted by atomic mass is 32.1. The molecule has 1 aliphatic carbocycles. The molecule has 2 N–H and O–H groups in total. The van der Waals surface area contributed by atoms with Gasteiger partial charge in [-0.05, 0) is 42.5 Å². The summed E-state index contributed by atoms with van der Waals surface area (Å²) in [5, 5.41) is 16.3. The molecule has 5 nitrogen and oxygen atoms in total. The molecule has 2 heterocycles. The molecule has 6 heteroatoms. The van der Waals surface area contributed by atoms with Crippen LogP contribution in [0.3, 0.4) is 0 Å². The molecule has 1 amide bonds. The Bertz CT molecular complexity index is 971. The van der Waals surface area contributed by atoms with Gasteiger partial charge in [-0.1, -0.05) is 30.3 Å². The van der Waals surface area contributed by atoms with Crippen LogP contribution in [-0.4, -0.2) is 12.5 Å². The molecule has 4 rings (SSSR count). The third-order valence-electron chi connectivity index (χ3n) is 4.71. The summed E-state index contributed by atoms with van der Waals surface area (Å²) in [6.07, 6.45) is 4.64. The van der Waals surface area contributed by atoms with E-state index in [1.807, 2.05) is 42.5 Å². The van der Waals surface area contributed by atoms with Gasteiger partial charge in [0, 0.05) is 4.88 Å². The number of anilines is 1. The Morgan fingerprint density at radius 2 is 2.07 bits per heavy atom. The molecule has 1 aliphatic rings. The average Bonchev–Trinajstić information content (AvgIpc) is 3.40. The summed E-state index contributed by atoms with van der Waals surface area (Å²) < 4.78 is 5.54. The van der Waals surface area contributed by atoms with Crippen LogP contribution in [0.25, 0.3) is 0 Å². The standard InChI is InChI=1S/C21H19N3O2S/c22-12-16-15-8-4-10-18(15)27-21(16)24-19(25)13-23-20(17-9-5-11-26-17)14-6-2-1-3-7-14/h1-3,5-7,9,11,20,23H,4,8,10,13H2,(H,24,25)/t20-/m1/s1. The number of hydrogen-bond donors (Lipinski definition) is 2. The Kier molecular flexibility index (Phi) is 5.05. The third kappa shape index (κ3) is 3.65. The molecule has 3 aromatic rings. The number of fused-ring (bicyclic) bond motifs is 1. The molecule has 0 spiro atoms. The molecule has 27 heavy (non-hydrogen) atoms. The fraction of sp³-hybridized carbons (Fsp3) is 0.238. The van der Waals surface area contributed by atoms with Gasteiger partial charge >= 0.3 is 0 Å². The van der Waals surface area contributed by atoms with Gasteiger partial charge in [-0.3, -0.25) is 10.1 Å². The molecular formula is C21H19N3O2S. The number of nitrogens with zero attached hydrogens (tertiary/aromatic N) is 1. The highest BCUT2D eigenvalue weighted by Crippen LogP contribution is 2.38. The van der Waals surface area contributed by atoms with E-state index in [0.29, 0.717) is 10.6 Å². The van der Waals surface area contributed by atoms with Gasteiger partial charge in [0.2, 0.25) is 5.91 Å². The lowest BCUT2D eigenvalue weighted by Gasteiger charge is -2.17. The summed E-state index contributed by atoms with van der Waals surface area (Å²) in [6.45, 7) is 0.119. The number of thiophene rings is 1. The van der Waals surface area contributed by atoms with Crippen LogP contribution in [0, 0.1) is 11.3 Å². The predicted octanol–water partition coefficient (Wildman–Crippen LogP) is 4.02. The molecule has 0 saturated carbocycles. The van der Waals surface area contributed by atoms with E-state index in [9.17, 15) is 10.1 Å². The maximum absolute atomic E-state index is 12.5. The summed E-state index contributed by atoms with van der Waals surface area (Å²) in [7, 11) is 0. The highest BCUT2D eigenvalue weighted by Gasteiger charge is 2.23. The summed E-state index contributed by atoms with van der Waals surface area (Å²) in [5.41, 5.74) is 2.77. The minimum atomic E-state index is -0.212. The van der Waals surface area contributed by atoms with E-state index >= 15 is 0 Å². The molecule has 136 valence electrons. The van der Waals surface area contributed by atoms with Crippen molar-refractivity contribution in [1.29, 1.82) is 5.26 Å². The molecule has 0 aliphatic heterocycles. The second kappa shape index (κ2) is 7.78. The zero-order valence-electron chi connectivity index (χ0n) is 14.7. The quantitative estimate of drug-likeness (QED) is 0.680. The van der Waals surface area contributed by atoms with E-state index < -0.39 is 0 Å². The van der Waals surface area contributed by atoms with Crippen molar-refractivity contribution in [3.05, 3.63) is 76.1 Å². The SMILES string of the molecule is N#Cc1c(NC(=O)CN[C@H](c2ccccc2)c2ccco2)sc2c1CCC2. The number of rotatable bonds is 6. The lowest BCUT2D eigenvalue weighted by molar-refractivity contribution is -0.115. The Balaban J connectivity index is 1.46. The van der Waals surface area contributed by atoms with Crippen molar-refractivity contribution in [1.82, 2.24) is 5.32 Å². The average molecular weight is 377 g/mol. The van der Waals surface area contributed by atoms with Crippen LogP contribution in [0.1, 0.15) is 39.8 Å². The van der Waals surface area contributed by atoms with Crippen molar-refractivity contribution in [3.8, 4) is 6.07 Å². The van der Waals surface area contributed by atoms with Crippen LogP contribution in [-0.2, 0) is 17.6 Å². The first-order chi connectivity index (χ1) is 13.3. The number of furan rings is 1. The number of benzene rings is 1. The van der Waals surface area contributed by atoms with Crippen molar-refractivity contribution in [2.45, 2.75) is 25.3 Å². The van der Waals surface area contributed by atoms with Crippen LogP contribution < -0.4 is 10.6 Å². The topological polar surface area (TPSA) is 78.1 Å². The molecule has 0 saturated heterocycles. The van der Waals surface area contributed by atoms with Crippen LogP contribution >= 0.6 is 11.3 Å². The Hall–Kier alpha value is -2.88. The number of nitriles is 1. The number of hydrogen-bond acceptors (Lipinski definition) is 5. The minimum absolute atomic E-state index is 0.119. The maximum Gasteiger partial charge on any atom is 0.238 e. The number of nitrogens with one attached hydrogen (secondary N) is 2. The number of aryl methyl sites for hydroxylation is 1. The van der Waals surface area contributed by atoms with Gasteiger partial charge in [0.25, 0.3) is 0 Å². The van der Waals surface area contributed by atoms with Crippen molar-refractivity contribution in [2.24, 2.45) is 0 Å². The van der Waals surface area contributed by atoms with Crippen molar-refractivity contribution in [2.75, 3.05) is 11.9 Å². The maximum atomic E-state index is 12.5. The van der Waals surface area contributed by atoms with E-state index in [0.717, 1.165) is 36.1 Å². The molecule has 0 fully saturated rings. The van der Waals surface area contributed by atoms with Crippen LogP contribution in [0.4, 0.5) is 5.00 Å². The van der Waals surface area contributed by atoms with Crippen LogP contribution in [0.2, 0.25) is 0 Å². The second-order valence-electron chi connectivity index (χ2n) is 6.46. The first-order valence-corrected chi connectivity index (χ1v) is 9.74. The number of carbonyl (C=O) groups excluding carboxylic acids is 1. The fourth-order valence-electron chi connectivity index (χ4n) is 3.46. The summed E-state index contributed by atoms with van der Waals surface area (Å²) in [6, 6.07) is 15.6. The van der Waals surface area contributed by atoms with Gasteiger partial charge in [0.15, 0.2) is 0 Å². The first kappa shape index (κ1) is 17.5. The molecular weight excluding hydrogens is 358 g/mol.